The summed E-state index contributed by atoms with van der Waals surface area (Å²) in [5.41, 5.74) is 2.31. The van der Waals surface area contributed by atoms with E-state index in [2.05, 4.69) is 4.99 Å². The first-order valence-corrected chi connectivity index (χ1v) is 15.4. The second-order valence-electron chi connectivity index (χ2n) is 9.62. The number of benzene rings is 3. The van der Waals surface area contributed by atoms with E-state index in [0.29, 0.717) is 65.1 Å². The summed E-state index contributed by atoms with van der Waals surface area (Å²) in [6.45, 7) is 4.19. The van der Waals surface area contributed by atoms with Crippen molar-refractivity contribution in [1.29, 1.82) is 0 Å². The van der Waals surface area contributed by atoms with Crippen LogP contribution in [0.25, 0.3) is 6.08 Å². The number of fused-ring (bicyclic) bond motifs is 1. The molecule has 0 saturated heterocycles. The molecule has 1 aliphatic rings. The molecule has 1 atom stereocenters. The van der Waals surface area contributed by atoms with Crippen molar-refractivity contribution in [1.82, 2.24) is 4.57 Å². The van der Waals surface area contributed by atoms with Crippen molar-refractivity contribution in [3.05, 3.63) is 117 Å². The summed E-state index contributed by atoms with van der Waals surface area (Å²) in [7, 11) is 2.80. The third-order valence-corrected chi connectivity index (χ3v) is 8.68. The molecule has 8 nitrogen and oxygen atoms in total. The fraction of sp³-hybridized carbons (Fsp3) is 0.219. The van der Waals surface area contributed by atoms with Crippen LogP contribution >= 0.6 is 46.1 Å². The van der Waals surface area contributed by atoms with Crippen LogP contribution in [0.15, 0.2) is 75.7 Å². The van der Waals surface area contributed by atoms with E-state index in [1.807, 2.05) is 13.0 Å². The number of esters is 1. The first kappa shape index (κ1) is 31.7. The van der Waals surface area contributed by atoms with Gasteiger partial charge in [0.2, 0.25) is 0 Å². The van der Waals surface area contributed by atoms with E-state index in [0.717, 1.165) is 5.56 Å². The smallest absolute Gasteiger partial charge is 0.338 e. The largest absolute Gasteiger partial charge is 0.496 e. The molecule has 0 saturated carbocycles. The van der Waals surface area contributed by atoms with Gasteiger partial charge in [-0.05, 0) is 68.0 Å². The van der Waals surface area contributed by atoms with Gasteiger partial charge in [-0.1, -0.05) is 58.3 Å². The van der Waals surface area contributed by atoms with Crippen LogP contribution in [0.3, 0.4) is 0 Å². The third-order valence-electron chi connectivity index (χ3n) is 6.88. The van der Waals surface area contributed by atoms with Crippen molar-refractivity contribution >= 4 is 58.2 Å². The zero-order valence-electron chi connectivity index (χ0n) is 24.2. The van der Waals surface area contributed by atoms with Crippen LogP contribution in [0.2, 0.25) is 15.1 Å². The van der Waals surface area contributed by atoms with Crippen LogP contribution in [0, 0.1) is 0 Å². The van der Waals surface area contributed by atoms with E-state index >= 15 is 0 Å². The van der Waals surface area contributed by atoms with E-state index < -0.39 is 12.0 Å². The number of carbonyl (C=O) groups is 1. The van der Waals surface area contributed by atoms with Crippen LogP contribution in [0.5, 0.6) is 17.2 Å². The topological polar surface area (TPSA) is 88.4 Å². The van der Waals surface area contributed by atoms with Crippen molar-refractivity contribution in [2.45, 2.75) is 26.5 Å². The molecule has 0 radical (unpaired) electrons. The molecule has 12 heteroatoms. The number of hydrogen-bond acceptors (Lipinski definition) is 8. The molecule has 3 aromatic carbocycles. The molecular formula is C32H27Cl3N2O6S. The summed E-state index contributed by atoms with van der Waals surface area (Å²) < 4.78 is 24.4. The maximum atomic E-state index is 14.0. The SMILES string of the molecule is CCOc1cc(/C=c2\sc3n(c2=O)[C@H](c2cc(Cl)ccc2OC)C(C(=O)OC)=C(C)N=3)ccc1OCc1ccc(Cl)cc1Cl. The second-order valence-corrected chi connectivity index (χ2v) is 11.9. The number of methoxy groups -OCH3 is 2. The summed E-state index contributed by atoms with van der Waals surface area (Å²) in [6.07, 6.45) is 1.75. The molecule has 0 unspecified atom stereocenters. The predicted molar refractivity (Wildman–Crippen MR) is 172 cm³/mol. The van der Waals surface area contributed by atoms with E-state index in [1.54, 1.807) is 61.5 Å². The van der Waals surface area contributed by atoms with Gasteiger partial charge in [-0.3, -0.25) is 9.36 Å². The molecule has 0 spiro atoms. The molecule has 44 heavy (non-hydrogen) atoms. The van der Waals surface area contributed by atoms with Crippen molar-refractivity contribution in [3.8, 4) is 17.2 Å². The van der Waals surface area contributed by atoms with Crippen LogP contribution in [-0.2, 0) is 16.1 Å². The number of nitrogens with zero attached hydrogens (tertiary/aromatic N) is 2. The average Bonchev–Trinajstić information content (AvgIpc) is 3.30. The fourth-order valence-corrected chi connectivity index (χ4v) is 6.54. The molecule has 5 rings (SSSR count). The third kappa shape index (κ3) is 6.37. The van der Waals surface area contributed by atoms with Crippen LogP contribution in [0.1, 0.15) is 36.6 Å². The molecular weight excluding hydrogens is 647 g/mol. The lowest BCUT2D eigenvalue weighted by Crippen LogP contribution is -2.40. The minimum Gasteiger partial charge on any atom is -0.496 e. The molecule has 0 fully saturated rings. The van der Waals surface area contributed by atoms with Crippen molar-refractivity contribution in [3.63, 3.8) is 0 Å². The van der Waals surface area contributed by atoms with E-state index in [1.165, 1.54) is 30.1 Å². The highest BCUT2D eigenvalue weighted by Gasteiger charge is 2.35. The maximum absolute atomic E-state index is 14.0. The Morgan fingerprint density at radius 1 is 0.977 bits per heavy atom. The Morgan fingerprint density at radius 3 is 2.41 bits per heavy atom. The van der Waals surface area contributed by atoms with Crippen LogP contribution in [-0.4, -0.2) is 31.4 Å². The first-order valence-electron chi connectivity index (χ1n) is 13.4. The Hall–Kier alpha value is -3.76. The Morgan fingerprint density at radius 2 is 1.70 bits per heavy atom. The lowest BCUT2D eigenvalue weighted by molar-refractivity contribution is -0.136. The van der Waals surface area contributed by atoms with E-state index in [-0.39, 0.29) is 17.7 Å². The number of thiazole rings is 1. The Bertz CT molecular complexity index is 1970. The van der Waals surface area contributed by atoms with Gasteiger partial charge in [0, 0.05) is 26.2 Å². The van der Waals surface area contributed by atoms with Gasteiger partial charge in [-0.15, -0.1) is 0 Å². The Balaban J connectivity index is 1.58. The number of carbonyl (C=O) groups excluding carboxylic acids is 1. The van der Waals surface area contributed by atoms with Gasteiger partial charge in [0.15, 0.2) is 16.3 Å². The lowest BCUT2D eigenvalue weighted by Gasteiger charge is -2.25. The van der Waals surface area contributed by atoms with Gasteiger partial charge >= 0.3 is 5.97 Å². The average molecular weight is 674 g/mol. The number of ether oxygens (including phenoxy) is 4. The van der Waals surface area contributed by atoms with Gasteiger partial charge in [0.1, 0.15) is 18.4 Å². The Kier molecular flexibility index (Phi) is 9.70. The minimum atomic E-state index is -0.871. The molecule has 1 aromatic heterocycles. The normalized spacial score (nSPS) is 14.6. The summed E-state index contributed by atoms with van der Waals surface area (Å²) in [6, 6.07) is 14.8. The molecule has 228 valence electrons. The van der Waals surface area contributed by atoms with Gasteiger partial charge in [0.25, 0.3) is 5.56 Å². The molecule has 2 heterocycles. The maximum Gasteiger partial charge on any atom is 0.338 e. The van der Waals surface area contributed by atoms with Crippen LogP contribution in [0.4, 0.5) is 0 Å². The monoisotopic (exact) mass is 672 g/mol. The van der Waals surface area contributed by atoms with Gasteiger partial charge in [0.05, 0.1) is 36.6 Å². The van der Waals surface area contributed by atoms with Gasteiger partial charge in [-0.25, -0.2) is 9.79 Å². The minimum absolute atomic E-state index is 0.211. The molecule has 4 aromatic rings. The number of rotatable bonds is 9. The quantitative estimate of drug-likeness (QED) is 0.192. The Labute approximate surface area is 272 Å². The molecule has 0 aliphatic carbocycles. The lowest BCUT2D eigenvalue weighted by atomic mass is 9.95. The van der Waals surface area contributed by atoms with Crippen LogP contribution < -0.4 is 29.1 Å². The predicted octanol–water partition coefficient (Wildman–Crippen LogP) is 6.35. The molecule has 0 bridgehead atoms. The number of hydrogen-bond donors (Lipinski definition) is 0. The fourth-order valence-electron chi connectivity index (χ4n) is 4.85. The van der Waals surface area contributed by atoms with E-state index in [4.69, 9.17) is 53.8 Å². The van der Waals surface area contributed by atoms with Crippen molar-refractivity contribution in [2.75, 3.05) is 20.8 Å². The van der Waals surface area contributed by atoms with E-state index in [9.17, 15) is 9.59 Å². The summed E-state index contributed by atoms with van der Waals surface area (Å²) in [5.74, 6) is 0.874. The molecule has 0 amide bonds. The first-order chi connectivity index (χ1) is 21.1. The zero-order chi connectivity index (χ0) is 31.5. The number of halogens is 3. The standard InChI is InChI=1S/C32H27Cl3N2O6S/c1-5-42-26-12-18(6-10-25(26)43-16-19-7-8-21(34)15-23(19)35)13-27-30(38)37-29(22-14-20(33)9-11-24(22)40-3)28(31(39)41-4)17(2)36-32(37)44-27/h6-15,29H,5,16H2,1-4H3/b27-13-/t29-/m1/s1. The number of aromatic nitrogens is 1. The molecule has 1 aliphatic heterocycles. The van der Waals surface area contributed by atoms with Crippen molar-refractivity contribution in [2.24, 2.45) is 4.99 Å². The zero-order valence-corrected chi connectivity index (χ0v) is 27.2. The highest BCUT2D eigenvalue weighted by atomic mass is 35.5. The highest BCUT2D eigenvalue weighted by molar-refractivity contribution is 7.07. The summed E-state index contributed by atoms with van der Waals surface area (Å²) in [4.78, 5) is 32.0. The summed E-state index contributed by atoms with van der Waals surface area (Å²) >= 11 is 19.9. The number of allylic oxidation sites excluding steroid dienone is 1. The summed E-state index contributed by atoms with van der Waals surface area (Å²) in [5, 5.41) is 1.46. The second kappa shape index (κ2) is 13.5. The van der Waals surface area contributed by atoms with Crippen molar-refractivity contribution < 1.29 is 23.7 Å². The highest BCUT2D eigenvalue weighted by Crippen LogP contribution is 2.37. The van der Waals surface area contributed by atoms with Gasteiger partial charge in [-0.2, -0.15) is 0 Å². The van der Waals surface area contributed by atoms with Gasteiger partial charge < -0.3 is 18.9 Å². The molecule has 0 N–H and O–H groups in total.